The molecule has 2 aromatic rings. The van der Waals surface area contributed by atoms with Gasteiger partial charge in [0, 0.05) is 16.6 Å². The number of benzene rings is 1. The van der Waals surface area contributed by atoms with Crippen molar-refractivity contribution < 1.29 is 0 Å². The van der Waals surface area contributed by atoms with Crippen molar-refractivity contribution in [2.75, 3.05) is 7.05 Å². The van der Waals surface area contributed by atoms with E-state index < -0.39 is 0 Å². The second-order valence-corrected chi connectivity index (χ2v) is 6.19. The number of nitrogens with zero attached hydrogens (tertiary/aromatic N) is 2. The topological polar surface area (TPSA) is 29.9 Å². The molecule has 1 unspecified atom stereocenters. The number of aryl methyl sites for hydroxylation is 1. The number of aromatic nitrogens is 2. The summed E-state index contributed by atoms with van der Waals surface area (Å²) in [4.78, 5) is 0. The molecule has 0 amide bonds. The van der Waals surface area contributed by atoms with Crippen molar-refractivity contribution in [2.24, 2.45) is 0 Å². The molecule has 0 fully saturated rings. The van der Waals surface area contributed by atoms with Gasteiger partial charge in [-0.3, -0.25) is 4.68 Å². The quantitative estimate of drug-likeness (QED) is 0.821. The fourth-order valence-corrected chi connectivity index (χ4v) is 3.27. The highest BCUT2D eigenvalue weighted by Crippen LogP contribution is 2.33. The summed E-state index contributed by atoms with van der Waals surface area (Å²) in [5.74, 6) is 0. The number of nitrogens with one attached hydrogen (secondary N) is 1. The summed E-state index contributed by atoms with van der Waals surface area (Å²) in [6.45, 7) is 2.99. The minimum atomic E-state index is -0.0387. The molecule has 0 saturated carbocycles. The van der Waals surface area contributed by atoms with Crippen LogP contribution in [0.1, 0.15) is 30.6 Å². The molecule has 0 aliphatic rings. The van der Waals surface area contributed by atoms with E-state index in [1.807, 2.05) is 30.1 Å². The van der Waals surface area contributed by atoms with E-state index in [1.54, 1.807) is 6.07 Å². The van der Waals surface area contributed by atoms with Gasteiger partial charge < -0.3 is 5.32 Å². The Morgan fingerprint density at radius 1 is 1.40 bits per heavy atom. The Hall–Kier alpha value is -0.550. The van der Waals surface area contributed by atoms with Crippen LogP contribution in [0.15, 0.2) is 28.9 Å². The lowest BCUT2D eigenvalue weighted by molar-refractivity contribution is 0.533. The van der Waals surface area contributed by atoms with Crippen LogP contribution in [0.5, 0.6) is 0 Å². The van der Waals surface area contributed by atoms with Crippen molar-refractivity contribution in [3.63, 3.8) is 0 Å². The van der Waals surface area contributed by atoms with Gasteiger partial charge in [-0.25, -0.2) is 0 Å². The SMILES string of the molecule is CCCn1ncc(Br)c1C(NC)c1ccc(Cl)cc1Cl. The van der Waals surface area contributed by atoms with Crippen molar-refractivity contribution in [1.82, 2.24) is 15.1 Å². The molecule has 6 heteroatoms. The number of hydrogen-bond donors (Lipinski definition) is 1. The monoisotopic (exact) mass is 375 g/mol. The molecule has 0 aliphatic carbocycles. The zero-order valence-electron chi connectivity index (χ0n) is 11.3. The summed E-state index contributed by atoms with van der Waals surface area (Å²) in [7, 11) is 1.91. The first-order valence-corrected chi connectivity index (χ1v) is 7.96. The third-order valence-corrected chi connectivity index (χ3v) is 4.28. The van der Waals surface area contributed by atoms with Crippen LogP contribution in [0.3, 0.4) is 0 Å². The zero-order valence-corrected chi connectivity index (χ0v) is 14.4. The Kier molecular flexibility index (Phi) is 5.49. The number of halogens is 3. The molecule has 1 aromatic heterocycles. The van der Waals surface area contributed by atoms with Crippen LogP contribution in [0, 0.1) is 0 Å². The van der Waals surface area contributed by atoms with Gasteiger partial charge in [-0.2, -0.15) is 5.10 Å². The first-order chi connectivity index (χ1) is 9.58. The van der Waals surface area contributed by atoms with Gasteiger partial charge in [-0.1, -0.05) is 36.2 Å². The predicted molar refractivity (Wildman–Crippen MR) is 87.6 cm³/mol. The molecule has 0 saturated heterocycles. The first kappa shape index (κ1) is 15.8. The van der Waals surface area contributed by atoms with Crippen LogP contribution in [-0.4, -0.2) is 16.8 Å². The van der Waals surface area contributed by atoms with E-state index in [2.05, 4.69) is 33.3 Å². The van der Waals surface area contributed by atoms with E-state index >= 15 is 0 Å². The molecule has 0 aliphatic heterocycles. The van der Waals surface area contributed by atoms with Crippen molar-refractivity contribution in [1.29, 1.82) is 0 Å². The summed E-state index contributed by atoms with van der Waals surface area (Å²) in [5, 5.41) is 8.99. The van der Waals surface area contributed by atoms with Crippen molar-refractivity contribution in [3.8, 4) is 0 Å². The molecule has 1 aromatic carbocycles. The lowest BCUT2D eigenvalue weighted by Crippen LogP contribution is -2.22. The summed E-state index contributed by atoms with van der Waals surface area (Å²) < 4.78 is 2.97. The smallest absolute Gasteiger partial charge is 0.0771 e. The molecule has 0 bridgehead atoms. The van der Waals surface area contributed by atoms with E-state index in [9.17, 15) is 0 Å². The van der Waals surface area contributed by atoms with Crippen LogP contribution >= 0.6 is 39.1 Å². The predicted octanol–water partition coefficient (Wildman–Crippen LogP) is 4.67. The van der Waals surface area contributed by atoms with Gasteiger partial charge in [0.25, 0.3) is 0 Å². The highest BCUT2D eigenvalue weighted by molar-refractivity contribution is 9.10. The molecule has 108 valence electrons. The first-order valence-electron chi connectivity index (χ1n) is 6.41. The number of hydrogen-bond acceptors (Lipinski definition) is 2. The van der Waals surface area contributed by atoms with Gasteiger partial charge in [0.15, 0.2) is 0 Å². The molecule has 1 heterocycles. The van der Waals surface area contributed by atoms with E-state index in [4.69, 9.17) is 23.2 Å². The Balaban J connectivity index is 2.49. The molecular formula is C14H16BrCl2N3. The maximum atomic E-state index is 6.33. The largest absolute Gasteiger partial charge is 0.308 e. The van der Waals surface area contributed by atoms with Gasteiger partial charge in [0.1, 0.15) is 0 Å². The Labute approximate surface area is 137 Å². The van der Waals surface area contributed by atoms with Gasteiger partial charge in [-0.15, -0.1) is 0 Å². The maximum absolute atomic E-state index is 6.33. The lowest BCUT2D eigenvalue weighted by Gasteiger charge is -2.20. The van der Waals surface area contributed by atoms with Gasteiger partial charge >= 0.3 is 0 Å². The van der Waals surface area contributed by atoms with Crippen molar-refractivity contribution in [3.05, 3.63) is 50.2 Å². The molecule has 1 atom stereocenters. The highest BCUT2D eigenvalue weighted by atomic mass is 79.9. The molecular weight excluding hydrogens is 361 g/mol. The standard InChI is InChI=1S/C14H16BrCl2N3/c1-3-6-20-14(11(15)8-19-20)13(18-2)10-5-4-9(16)7-12(10)17/h4-5,7-8,13,18H,3,6H2,1-2H3. The average Bonchev–Trinajstić information content (AvgIpc) is 2.75. The van der Waals surface area contributed by atoms with E-state index in [-0.39, 0.29) is 6.04 Å². The molecule has 3 nitrogen and oxygen atoms in total. The Bertz CT molecular complexity index is 598. The van der Waals surface area contributed by atoms with Crippen LogP contribution in [0.2, 0.25) is 10.0 Å². The minimum absolute atomic E-state index is 0.0387. The van der Waals surface area contributed by atoms with Crippen LogP contribution in [-0.2, 0) is 6.54 Å². The summed E-state index contributed by atoms with van der Waals surface area (Å²) in [5.41, 5.74) is 2.05. The molecule has 2 rings (SSSR count). The van der Waals surface area contributed by atoms with Crippen LogP contribution in [0.25, 0.3) is 0 Å². The van der Waals surface area contributed by atoms with E-state index in [0.29, 0.717) is 10.0 Å². The van der Waals surface area contributed by atoms with Gasteiger partial charge in [0.2, 0.25) is 0 Å². The minimum Gasteiger partial charge on any atom is -0.308 e. The molecule has 0 spiro atoms. The normalized spacial score (nSPS) is 12.7. The Morgan fingerprint density at radius 2 is 2.15 bits per heavy atom. The third kappa shape index (κ3) is 3.19. The average molecular weight is 377 g/mol. The molecule has 0 radical (unpaired) electrons. The zero-order chi connectivity index (χ0) is 14.7. The number of rotatable bonds is 5. The molecule has 20 heavy (non-hydrogen) atoms. The third-order valence-electron chi connectivity index (χ3n) is 3.10. The highest BCUT2D eigenvalue weighted by Gasteiger charge is 2.22. The van der Waals surface area contributed by atoms with Gasteiger partial charge in [0.05, 0.1) is 22.4 Å². The summed E-state index contributed by atoms with van der Waals surface area (Å²) in [6, 6.07) is 5.52. The maximum Gasteiger partial charge on any atom is 0.0771 e. The fourth-order valence-electron chi connectivity index (χ4n) is 2.22. The molecule has 1 N–H and O–H groups in total. The second-order valence-electron chi connectivity index (χ2n) is 4.49. The lowest BCUT2D eigenvalue weighted by atomic mass is 10.0. The van der Waals surface area contributed by atoms with Crippen molar-refractivity contribution in [2.45, 2.75) is 25.9 Å². The van der Waals surface area contributed by atoms with Gasteiger partial charge in [-0.05, 0) is 47.1 Å². The fraction of sp³-hybridized carbons (Fsp3) is 0.357. The van der Waals surface area contributed by atoms with Crippen molar-refractivity contribution >= 4 is 39.1 Å². The summed E-state index contributed by atoms with van der Waals surface area (Å²) >= 11 is 15.9. The van der Waals surface area contributed by atoms with Crippen LogP contribution in [0.4, 0.5) is 0 Å². The summed E-state index contributed by atoms with van der Waals surface area (Å²) in [6.07, 6.45) is 2.84. The van der Waals surface area contributed by atoms with Crippen LogP contribution < -0.4 is 5.32 Å². The second kappa shape index (κ2) is 6.94. The van der Waals surface area contributed by atoms with E-state index in [0.717, 1.165) is 28.7 Å². The van der Waals surface area contributed by atoms with E-state index in [1.165, 1.54) is 0 Å². The Morgan fingerprint density at radius 3 is 2.75 bits per heavy atom.